The molecule has 8 atom stereocenters. The van der Waals surface area contributed by atoms with Crippen molar-refractivity contribution >= 4 is 5.91 Å². The molecule has 1 aliphatic heterocycles. The van der Waals surface area contributed by atoms with E-state index in [1.165, 1.54) is 212 Å². The number of aliphatic hydroxyl groups excluding tert-OH is 6. The van der Waals surface area contributed by atoms with Gasteiger partial charge in [0, 0.05) is 0 Å². The van der Waals surface area contributed by atoms with Crippen molar-refractivity contribution < 1.29 is 44.9 Å². The summed E-state index contributed by atoms with van der Waals surface area (Å²) in [6, 6.07) is -0.891. The van der Waals surface area contributed by atoms with Crippen LogP contribution in [-0.2, 0) is 14.3 Å². The van der Waals surface area contributed by atoms with E-state index in [-0.39, 0.29) is 6.61 Å². The fraction of sp³-hybridized carbons (Fsp3) is 0.948. The van der Waals surface area contributed by atoms with Crippen molar-refractivity contribution in [2.45, 2.75) is 339 Å². The predicted octanol–water partition coefficient (Wildman–Crippen LogP) is 13.4. The number of rotatable bonds is 51. The number of nitrogens with one attached hydrogen (secondary N) is 1. The second kappa shape index (κ2) is 48.2. The van der Waals surface area contributed by atoms with Crippen molar-refractivity contribution in [3.8, 4) is 0 Å². The van der Waals surface area contributed by atoms with E-state index in [0.29, 0.717) is 12.8 Å². The smallest absolute Gasteiger partial charge is 0.249 e. The van der Waals surface area contributed by atoms with Crippen LogP contribution in [0, 0.1) is 0 Å². The quantitative estimate of drug-likeness (QED) is 0.0232. The maximum absolute atomic E-state index is 13.1. The van der Waals surface area contributed by atoms with Crippen molar-refractivity contribution in [2.75, 3.05) is 13.2 Å². The molecular formula is C58H113NO9. The van der Waals surface area contributed by atoms with Crippen LogP contribution < -0.4 is 5.32 Å². The molecule has 68 heavy (non-hydrogen) atoms. The third kappa shape index (κ3) is 36.8. The first-order valence-corrected chi connectivity index (χ1v) is 29.5. The number of carbonyl (C=O) groups is 1. The van der Waals surface area contributed by atoms with Crippen LogP contribution in [0.25, 0.3) is 0 Å². The molecule has 0 spiro atoms. The van der Waals surface area contributed by atoms with E-state index in [1.807, 2.05) is 0 Å². The third-order valence-electron chi connectivity index (χ3n) is 14.5. The first-order valence-electron chi connectivity index (χ1n) is 29.5. The van der Waals surface area contributed by atoms with Crippen LogP contribution in [0.3, 0.4) is 0 Å². The van der Waals surface area contributed by atoms with Gasteiger partial charge < -0.3 is 45.4 Å². The fourth-order valence-corrected chi connectivity index (χ4v) is 9.70. The van der Waals surface area contributed by atoms with Crippen molar-refractivity contribution in [1.29, 1.82) is 0 Å². The van der Waals surface area contributed by atoms with E-state index < -0.39 is 61.5 Å². The Balaban J connectivity index is 2.17. The lowest BCUT2D eigenvalue weighted by molar-refractivity contribution is -0.302. The van der Waals surface area contributed by atoms with Crippen molar-refractivity contribution in [2.24, 2.45) is 0 Å². The SMILES string of the molecule is CCCCCCCCCCCCCC/C=C\CCCCCCCCCCCCCCCC(O)C(=O)NC(COC1OC(CO)C(O)C(O)C1O)C(O)CCCCCCCCCCCCCCCC. The second-order valence-electron chi connectivity index (χ2n) is 20.9. The number of hydrogen-bond acceptors (Lipinski definition) is 9. The zero-order valence-electron chi connectivity index (χ0n) is 44.5. The van der Waals surface area contributed by atoms with Gasteiger partial charge in [0.15, 0.2) is 6.29 Å². The summed E-state index contributed by atoms with van der Waals surface area (Å²) in [5, 5.41) is 65.2. The minimum atomic E-state index is -1.59. The average molecular weight is 969 g/mol. The number of hydrogen-bond donors (Lipinski definition) is 7. The third-order valence-corrected chi connectivity index (χ3v) is 14.5. The fourth-order valence-electron chi connectivity index (χ4n) is 9.70. The Morgan fingerprint density at radius 1 is 0.485 bits per heavy atom. The molecule has 1 rings (SSSR count). The standard InChI is InChI=1S/C58H113NO9/c1-3-5-7-9-11-13-15-17-19-20-21-22-23-24-25-26-27-28-29-30-31-32-33-35-37-39-41-43-45-47-52(62)57(66)59-50(49-67-58-56(65)55(64)54(63)53(48-60)68-58)51(61)46-44-42-40-38-36-34-18-16-14-12-10-8-6-4-2/h24-25,50-56,58,60-65H,3-23,26-49H2,1-2H3,(H,59,66)/b25-24-. The molecule has 0 saturated carbocycles. The van der Waals surface area contributed by atoms with Crippen LogP contribution in [0.5, 0.6) is 0 Å². The van der Waals surface area contributed by atoms with Gasteiger partial charge in [0.05, 0.1) is 25.4 Å². The number of unbranched alkanes of at least 4 members (excludes halogenated alkanes) is 38. The number of aliphatic hydroxyl groups is 6. The van der Waals surface area contributed by atoms with Crippen LogP contribution >= 0.6 is 0 Å². The van der Waals surface area contributed by atoms with Gasteiger partial charge in [0.25, 0.3) is 0 Å². The van der Waals surface area contributed by atoms with Gasteiger partial charge in [-0.1, -0.05) is 264 Å². The Labute approximate surface area is 419 Å². The van der Waals surface area contributed by atoms with Gasteiger partial charge >= 0.3 is 0 Å². The highest BCUT2D eigenvalue weighted by atomic mass is 16.7. The molecule has 1 fully saturated rings. The molecule has 0 bridgehead atoms. The molecule has 0 radical (unpaired) electrons. The second-order valence-corrected chi connectivity index (χ2v) is 20.9. The van der Waals surface area contributed by atoms with Crippen LogP contribution in [0.15, 0.2) is 12.2 Å². The molecule has 0 aromatic rings. The summed E-state index contributed by atoms with van der Waals surface area (Å²) in [6.45, 7) is 3.70. The molecule has 8 unspecified atom stereocenters. The zero-order chi connectivity index (χ0) is 49.6. The normalized spacial score (nSPS) is 20.0. The summed E-state index contributed by atoms with van der Waals surface area (Å²) in [5.74, 6) is -0.579. The lowest BCUT2D eigenvalue weighted by Crippen LogP contribution is -2.60. The summed E-state index contributed by atoms with van der Waals surface area (Å²) >= 11 is 0. The molecule has 0 aromatic carbocycles. The van der Waals surface area contributed by atoms with E-state index in [9.17, 15) is 35.4 Å². The average Bonchev–Trinajstić information content (AvgIpc) is 3.34. The Morgan fingerprint density at radius 2 is 0.824 bits per heavy atom. The van der Waals surface area contributed by atoms with Crippen LogP contribution in [-0.4, -0.2) is 98.7 Å². The number of carbonyl (C=O) groups excluding carboxylic acids is 1. The number of allylic oxidation sites excluding steroid dienone is 2. The first kappa shape index (κ1) is 64.9. The van der Waals surface area contributed by atoms with E-state index in [2.05, 4.69) is 31.3 Å². The lowest BCUT2D eigenvalue weighted by Gasteiger charge is -2.40. The molecule has 1 aliphatic rings. The summed E-state index contributed by atoms with van der Waals surface area (Å²) in [6.07, 6.45) is 48.6. The molecule has 1 saturated heterocycles. The zero-order valence-corrected chi connectivity index (χ0v) is 44.5. The highest BCUT2D eigenvalue weighted by Gasteiger charge is 2.44. The molecule has 404 valence electrons. The van der Waals surface area contributed by atoms with E-state index >= 15 is 0 Å². The Morgan fingerprint density at radius 3 is 1.19 bits per heavy atom. The molecule has 0 aliphatic carbocycles. The summed E-state index contributed by atoms with van der Waals surface area (Å²) in [7, 11) is 0. The lowest BCUT2D eigenvalue weighted by atomic mass is 9.99. The Hall–Kier alpha value is -1.11. The molecule has 10 heteroatoms. The van der Waals surface area contributed by atoms with Crippen molar-refractivity contribution in [3.05, 3.63) is 12.2 Å². The number of ether oxygens (including phenoxy) is 2. The maximum Gasteiger partial charge on any atom is 0.249 e. The highest BCUT2D eigenvalue weighted by molar-refractivity contribution is 5.80. The van der Waals surface area contributed by atoms with Gasteiger partial charge in [-0.3, -0.25) is 4.79 Å². The van der Waals surface area contributed by atoms with E-state index in [1.54, 1.807) is 0 Å². The minimum Gasteiger partial charge on any atom is -0.394 e. The minimum absolute atomic E-state index is 0.252. The molecule has 0 aromatic heterocycles. The topological polar surface area (TPSA) is 169 Å². The summed E-state index contributed by atoms with van der Waals surface area (Å²) in [5.41, 5.74) is 0. The molecule has 7 N–H and O–H groups in total. The van der Waals surface area contributed by atoms with Crippen molar-refractivity contribution in [3.63, 3.8) is 0 Å². The number of amides is 1. The van der Waals surface area contributed by atoms with Crippen LogP contribution in [0.2, 0.25) is 0 Å². The summed E-state index contributed by atoms with van der Waals surface area (Å²) in [4.78, 5) is 13.1. The highest BCUT2D eigenvalue weighted by Crippen LogP contribution is 2.23. The summed E-state index contributed by atoms with van der Waals surface area (Å²) < 4.78 is 11.2. The largest absolute Gasteiger partial charge is 0.394 e. The maximum atomic E-state index is 13.1. The van der Waals surface area contributed by atoms with Gasteiger partial charge in [-0.2, -0.15) is 0 Å². The molecular weight excluding hydrogens is 855 g/mol. The molecule has 1 amide bonds. The Bertz CT molecular complexity index is 1090. The van der Waals surface area contributed by atoms with Gasteiger partial charge in [-0.05, 0) is 38.5 Å². The van der Waals surface area contributed by atoms with Crippen LogP contribution in [0.4, 0.5) is 0 Å². The first-order chi connectivity index (χ1) is 33.3. The van der Waals surface area contributed by atoms with Gasteiger partial charge in [0.1, 0.15) is 30.5 Å². The van der Waals surface area contributed by atoms with E-state index in [0.717, 1.165) is 51.4 Å². The molecule has 1 heterocycles. The molecule has 10 nitrogen and oxygen atoms in total. The van der Waals surface area contributed by atoms with Crippen molar-refractivity contribution in [1.82, 2.24) is 5.32 Å². The van der Waals surface area contributed by atoms with Gasteiger partial charge in [0.2, 0.25) is 5.91 Å². The predicted molar refractivity (Wildman–Crippen MR) is 283 cm³/mol. The van der Waals surface area contributed by atoms with E-state index in [4.69, 9.17) is 9.47 Å². The van der Waals surface area contributed by atoms with Gasteiger partial charge in [-0.15, -0.1) is 0 Å². The van der Waals surface area contributed by atoms with Gasteiger partial charge in [-0.25, -0.2) is 0 Å². The Kier molecular flexibility index (Phi) is 46.0. The van der Waals surface area contributed by atoms with Crippen LogP contribution in [0.1, 0.15) is 290 Å². The monoisotopic (exact) mass is 968 g/mol.